The molecule has 3 rings (SSSR count). The van der Waals surface area contributed by atoms with Crippen molar-refractivity contribution in [3.05, 3.63) is 65.7 Å². The number of carbonyl (C=O) groups excluding carboxylic acids is 1. The van der Waals surface area contributed by atoms with Gasteiger partial charge in [0.2, 0.25) is 0 Å². The van der Waals surface area contributed by atoms with Gasteiger partial charge in [0.05, 0.1) is 12.7 Å². The highest BCUT2D eigenvalue weighted by Gasteiger charge is 2.16. The van der Waals surface area contributed by atoms with Crippen molar-refractivity contribution in [3.8, 4) is 0 Å². The number of nitrogens with one attached hydrogen (secondary N) is 1. The van der Waals surface area contributed by atoms with Crippen LogP contribution in [0.5, 0.6) is 0 Å². The largest absolute Gasteiger partial charge is 0.376 e. The van der Waals surface area contributed by atoms with Gasteiger partial charge in [0.15, 0.2) is 0 Å². The molecular formula is C19H22N2O2. The van der Waals surface area contributed by atoms with Crippen molar-refractivity contribution in [2.24, 2.45) is 0 Å². The maximum Gasteiger partial charge on any atom is 0.255 e. The smallest absolute Gasteiger partial charge is 0.255 e. The summed E-state index contributed by atoms with van der Waals surface area (Å²) in [5.41, 5.74) is 2.70. The quantitative estimate of drug-likeness (QED) is 0.943. The molecule has 1 N–H and O–H groups in total. The Morgan fingerprint density at radius 1 is 1.17 bits per heavy atom. The molecule has 4 heteroatoms. The summed E-state index contributed by atoms with van der Waals surface area (Å²) in [4.78, 5) is 14.6. The monoisotopic (exact) mass is 310 g/mol. The number of hydrogen-bond donors (Lipinski definition) is 1. The van der Waals surface area contributed by atoms with E-state index in [1.165, 1.54) is 5.56 Å². The van der Waals surface area contributed by atoms with Crippen molar-refractivity contribution in [2.75, 3.05) is 25.0 Å². The first kappa shape index (κ1) is 15.7. The minimum atomic E-state index is -0.0808. The predicted octanol–water partition coefficient (Wildman–Crippen LogP) is 3.16. The molecule has 120 valence electrons. The van der Waals surface area contributed by atoms with E-state index in [0.717, 1.165) is 31.9 Å². The van der Waals surface area contributed by atoms with E-state index in [1.54, 1.807) is 0 Å². The SMILES string of the molecule is C[C@@H]1CN(Cc2ccc(C(=O)Nc3ccccc3)cc2)CCO1. The van der Waals surface area contributed by atoms with Crippen LogP contribution in [0, 0.1) is 0 Å². The summed E-state index contributed by atoms with van der Waals surface area (Å²) in [5, 5.41) is 2.90. The van der Waals surface area contributed by atoms with Crippen LogP contribution >= 0.6 is 0 Å². The highest BCUT2D eigenvalue weighted by Crippen LogP contribution is 2.13. The van der Waals surface area contributed by atoms with E-state index in [0.29, 0.717) is 11.7 Å². The summed E-state index contributed by atoms with van der Waals surface area (Å²) in [5.74, 6) is -0.0808. The van der Waals surface area contributed by atoms with Gasteiger partial charge in [-0.1, -0.05) is 30.3 Å². The summed E-state index contributed by atoms with van der Waals surface area (Å²) in [7, 11) is 0. The van der Waals surface area contributed by atoms with Gasteiger partial charge in [0.25, 0.3) is 5.91 Å². The summed E-state index contributed by atoms with van der Waals surface area (Å²) in [6.07, 6.45) is 0.291. The first-order valence-electron chi connectivity index (χ1n) is 8.00. The third kappa shape index (κ3) is 4.41. The molecule has 1 amide bonds. The summed E-state index contributed by atoms with van der Waals surface area (Å²) < 4.78 is 5.56. The first-order valence-corrected chi connectivity index (χ1v) is 8.00. The fourth-order valence-electron chi connectivity index (χ4n) is 2.78. The number of rotatable bonds is 4. The van der Waals surface area contributed by atoms with Gasteiger partial charge in [-0.2, -0.15) is 0 Å². The molecule has 0 aromatic heterocycles. The molecule has 0 bridgehead atoms. The average molecular weight is 310 g/mol. The molecule has 0 radical (unpaired) electrons. The summed E-state index contributed by atoms with van der Waals surface area (Å²) >= 11 is 0. The summed E-state index contributed by atoms with van der Waals surface area (Å²) in [6, 6.07) is 17.3. The van der Waals surface area contributed by atoms with E-state index < -0.39 is 0 Å². The molecule has 2 aromatic carbocycles. The second-order valence-corrected chi connectivity index (χ2v) is 5.93. The zero-order valence-electron chi connectivity index (χ0n) is 13.4. The van der Waals surface area contributed by atoms with Gasteiger partial charge in [-0.15, -0.1) is 0 Å². The van der Waals surface area contributed by atoms with Gasteiger partial charge < -0.3 is 10.1 Å². The van der Waals surface area contributed by atoms with Gasteiger partial charge in [-0.3, -0.25) is 9.69 Å². The van der Waals surface area contributed by atoms with Crippen LogP contribution in [0.2, 0.25) is 0 Å². The molecule has 1 heterocycles. The van der Waals surface area contributed by atoms with E-state index in [1.807, 2.05) is 54.6 Å². The third-order valence-electron chi connectivity index (χ3n) is 3.98. The fraction of sp³-hybridized carbons (Fsp3) is 0.316. The number of carbonyl (C=O) groups is 1. The molecule has 1 fully saturated rings. The Balaban J connectivity index is 1.59. The van der Waals surface area contributed by atoms with Gasteiger partial charge in [-0.05, 0) is 36.8 Å². The van der Waals surface area contributed by atoms with E-state index in [4.69, 9.17) is 4.74 Å². The van der Waals surface area contributed by atoms with Crippen LogP contribution in [0.4, 0.5) is 5.69 Å². The first-order chi connectivity index (χ1) is 11.2. The molecule has 2 aromatic rings. The maximum absolute atomic E-state index is 12.2. The third-order valence-corrected chi connectivity index (χ3v) is 3.98. The number of amides is 1. The molecule has 1 aliphatic heterocycles. The number of morpholine rings is 1. The average Bonchev–Trinajstić information content (AvgIpc) is 2.56. The van der Waals surface area contributed by atoms with Crippen molar-refractivity contribution in [1.29, 1.82) is 0 Å². The molecule has 0 aliphatic carbocycles. The van der Waals surface area contributed by atoms with E-state index in [2.05, 4.69) is 17.1 Å². The lowest BCUT2D eigenvalue weighted by atomic mass is 10.1. The lowest BCUT2D eigenvalue weighted by molar-refractivity contribution is -0.0212. The lowest BCUT2D eigenvalue weighted by Crippen LogP contribution is -2.40. The minimum Gasteiger partial charge on any atom is -0.376 e. The topological polar surface area (TPSA) is 41.6 Å². The van der Waals surface area contributed by atoms with E-state index >= 15 is 0 Å². The Morgan fingerprint density at radius 2 is 1.91 bits per heavy atom. The Morgan fingerprint density at radius 3 is 2.61 bits per heavy atom. The summed E-state index contributed by atoms with van der Waals surface area (Å²) in [6.45, 7) is 5.70. The van der Waals surface area contributed by atoms with Crippen LogP contribution in [-0.2, 0) is 11.3 Å². The molecule has 23 heavy (non-hydrogen) atoms. The van der Waals surface area contributed by atoms with Gasteiger partial charge in [-0.25, -0.2) is 0 Å². The van der Waals surface area contributed by atoms with Gasteiger partial charge in [0, 0.05) is 30.9 Å². The highest BCUT2D eigenvalue weighted by atomic mass is 16.5. The van der Waals surface area contributed by atoms with Crippen molar-refractivity contribution in [3.63, 3.8) is 0 Å². The number of benzene rings is 2. The van der Waals surface area contributed by atoms with Crippen LogP contribution in [0.3, 0.4) is 0 Å². The number of ether oxygens (including phenoxy) is 1. The van der Waals surface area contributed by atoms with Crippen molar-refractivity contribution in [1.82, 2.24) is 4.90 Å². The van der Waals surface area contributed by atoms with Gasteiger partial charge >= 0.3 is 0 Å². The minimum absolute atomic E-state index is 0.0808. The number of nitrogens with zero attached hydrogens (tertiary/aromatic N) is 1. The predicted molar refractivity (Wildman–Crippen MR) is 91.5 cm³/mol. The molecule has 1 aliphatic rings. The van der Waals surface area contributed by atoms with E-state index in [-0.39, 0.29) is 5.91 Å². The Labute approximate surface area is 137 Å². The Bertz CT molecular complexity index is 640. The molecule has 1 atom stereocenters. The molecular weight excluding hydrogens is 288 g/mol. The van der Waals surface area contributed by atoms with Crippen LogP contribution in [0.15, 0.2) is 54.6 Å². The second-order valence-electron chi connectivity index (χ2n) is 5.93. The van der Waals surface area contributed by atoms with Crippen molar-refractivity contribution >= 4 is 11.6 Å². The second kappa shape index (κ2) is 7.40. The number of anilines is 1. The van der Waals surface area contributed by atoms with Crippen molar-refractivity contribution in [2.45, 2.75) is 19.6 Å². The number of para-hydroxylation sites is 1. The van der Waals surface area contributed by atoms with Crippen LogP contribution in [-0.4, -0.2) is 36.6 Å². The molecule has 4 nitrogen and oxygen atoms in total. The highest BCUT2D eigenvalue weighted by molar-refractivity contribution is 6.04. The standard InChI is InChI=1S/C19H22N2O2/c1-15-13-21(11-12-23-15)14-16-7-9-17(10-8-16)19(22)20-18-5-3-2-4-6-18/h2-10,15H,11-14H2,1H3,(H,20,22)/t15-/m1/s1. The fourth-order valence-corrected chi connectivity index (χ4v) is 2.78. The molecule has 0 unspecified atom stereocenters. The number of hydrogen-bond acceptors (Lipinski definition) is 3. The zero-order chi connectivity index (χ0) is 16.1. The molecule has 0 saturated carbocycles. The van der Waals surface area contributed by atoms with Crippen molar-refractivity contribution < 1.29 is 9.53 Å². The van der Waals surface area contributed by atoms with Crippen LogP contribution < -0.4 is 5.32 Å². The zero-order valence-corrected chi connectivity index (χ0v) is 13.4. The Kier molecular flexibility index (Phi) is 5.05. The van der Waals surface area contributed by atoms with Gasteiger partial charge in [0.1, 0.15) is 0 Å². The maximum atomic E-state index is 12.2. The molecule has 1 saturated heterocycles. The van der Waals surface area contributed by atoms with Crippen LogP contribution in [0.25, 0.3) is 0 Å². The Hall–Kier alpha value is -2.17. The van der Waals surface area contributed by atoms with Crippen LogP contribution in [0.1, 0.15) is 22.8 Å². The molecule has 0 spiro atoms. The van der Waals surface area contributed by atoms with E-state index in [9.17, 15) is 4.79 Å². The lowest BCUT2D eigenvalue weighted by Gasteiger charge is -2.31. The normalized spacial score (nSPS) is 18.6.